The first-order valence-corrected chi connectivity index (χ1v) is 10.6. The number of carbonyl (C=O) groups is 1. The van der Waals surface area contributed by atoms with Gasteiger partial charge in [-0.15, -0.1) is 0 Å². The average molecular weight is 396 g/mol. The van der Waals surface area contributed by atoms with Crippen LogP contribution in [-0.4, -0.2) is 38.5 Å². The van der Waals surface area contributed by atoms with Gasteiger partial charge in [-0.3, -0.25) is 4.90 Å². The van der Waals surface area contributed by atoms with Crippen molar-refractivity contribution in [3.63, 3.8) is 0 Å². The zero-order chi connectivity index (χ0) is 20.6. The predicted molar refractivity (Wildman–Crippen MR) is 117 cm³/mol. The number of piperidine rings is 1. The number of likely N-dealkylation sites (tertiary alicyclic amines) is 1. The Morgan fingerprint density at radius 1 is 1.07 bits per heavy atom. The van der Waals surface area contributed by atoms with Crippen molar-refractivity contribution < 1.29 is 14.3 Å². The molecule has 0 N–H and O–H groups in total. The largest absolute Gasteiger partial charge is 0.493 e. The molecule has 2 aromatic rings. The Morgan fingerprint density at radius 2 is 1.72 bits per heavy atom. The molecule has 1 unspecified atom stereocenters. The SMILES string of the molecule is COc1cc(C)c(CC(C=O)CC2CCN(Cc3ccccc3)CC2)cc1OC. The number of aldehydes is 1. The van der Waals surface area contributed by atoms with Gasteiger partial charge in [0.1, 0.15) is 6.29 Å². The summed E-state index contributed by atoms with van der Waals surface area (Å²) in [5.74, 6) is 2.14. The van der Waals surface area contributed by atoms with E-state index < -0.39 is 0 Å². The second-order valence-electron chi connectivity index (χ2n) is 8.17. The fourth-order valence-electron chi connectivity index (χ4n) is 4.36. The maximum atomic E-state index is 11.8. The highest BCUT2D eigenvalue weighted by molar-refractivity contribution is 5.56. The summed E-state index contributed by atoms with van der Waals surface area (Å²) in [5.41, 5.74) is 3.69. The summed E-state index contributed by atoms with van der Waals surface area (Å²) in [6.07, 6.45) is 5.22. The van der Waals surface area contributed by atoms with Gasteiger partial charge in [0.25, 0.3) is 0 Å². The van der Waals surface area contributed by atoms with Crippen molar-refractivity contribution in [3.8, 4) is 11.5 Å². The topological polar surface area (TPSA) is 38.8 Å². The molecule has 4 heteroatoms. The molecule has 1 saturated heterocycles. The van der Waals surface area contributed by atoms with Crippen molar-refractivity contribution in [2.45, 2.75) is 39.2 Å². The standard InChI is InChI=1S/C25H33NO3/c1-19-13-24(28-2)25(29-3)16-23(19)15-22(18-27)14-20-9-11-26(12-10-20)17-21-7-5-4-6-8-21/h4-8,13,16,18,20,22H,9-12,14-15,17H2,1-3H3. The quantitative estimate of drug-likeness (QED) is 0.578. The van der Waals surface area contributed by atoms with Crippen LogP contribution in [0.25, 0.3) is 0 Å². The molecule has 1 fully saturated rings. The molecule has 156 valence electrons. The lowest BCUT2D eigenvalue weighted by atomic mass is 9.84. The smallest absolute Gasteiger partial charge is 0.161 e. The Morgan fingerprint density at radius 3 is 2.34 bits per heavy atom. The molecule has 0 bridgehead atoms. The molecule has 0 radical (unpaired) electrons. The van der Waals surface area contributed by atoms with E-state index in [1.807, 2.05) is 12.1 Å². The van der Waals surface area contributed by atoms with E-state index in [-0.39, 0.29) is 5.92 Å². The number of methoxy groups -OCH3 is 2. The number of benzene rings is 2. The highest BCUT2D eigenvalue weighted by atomic mass is 16.5. The molecule has 3 rings (SSSR count). The summed E-state index contributed by atoms with van der Waals surface area (Å²) in [5, 5.41) is 0. The van der Waals surface area contributed by atoms with Gasteiger partial charge in [0.05, 0.1) is 14.2 Å². The Labute approximate surface area is 174 Å². The van der Waals surface area contributed by atoms with E-state index in [4.69, 9.17) is 9.47 Å². The minimum atomic E-state index is 0.0532. The van der Waals surface area contributed by atoms with Crippen LogP contribution in [0.5, 0.6) is 11.5 Å². The molecule has 1 aliphatic rings. The Bertz CT molecular complexity index is 782. The summed E-state index contributed by atoms with van der Waals surface area (Å²) in [6, 6.07) is 14.7. The molecular weight excluding hydrogens is 362 g/mol. The molecule has 0 amide bonds. The second-order valence-corrected chi connectivity index (χ2v) is 8.17. The third kappa shape index (κ3) is 5.83. The van der Waals surface area contributed by atoms with E-state index in [1.165, 1.54) is 24.0 Å². The van der Waals surface area contributed by atoms with Crippen LogP contribution < -0.4 is 9.47 Å². The minimum Gasteiger partial charge on any atom is -0.493 e. The van der Waals surface area contributed by atoms with Gasteiger partial charge in [-0.1, -0.05) is 30.3 Å². The van der Waals surface area contributed by atoms with Crippen molar-refractivity contribution in [1.82, 2.24) is 4.90 Å². The molecule has 1 aliphatic heterocycles. The first kappa shape index (κ1) is 21.4. The van der Waals surface area contributed by atoms with Crippen LogP contribution in [0.1, 0.15) is 36.0 Å². The zero-order valence-corrected chi connectivity index (χ0v) is 17.9. The van der Waals surface area contributed by atoms with Crippen molar-refractivity contribution in [1.29, 1.82) is 0 Å². The van der Waals surface area contributed by atoms with Gasteiger partial charge in [-0.05, 0) is 80.4 Å². The number of hydrogen-bond acceptors (Lipinski definition) is 4. The van der Waals surface area contributed by atoms with Crippen LogP contribution in [0.15, 0.2) is 42.5 Å². The van der Waals surface area contributed by atoms with E-state index in [1.54, 1.807) is 14.2 Å². The predicted octanol–water partition coefficient (Wildman–Crippen LogP) is 4.67. The van der Waals surface area contributed by atoms with E-state index in [0.29, 0.717) is 5.92 Å². The van der Waals surface area contributed by atoms with Crippen LogP contribution in [0.2, 0.25) is 0 Å². The molecule has 1 heterocycles. The van der Waals surface area contributed by atoms with Gasteiger partial charge in [0.2, 0.25) is 0 Å². The lowest BCUT2D eigenvalue weighted by Gasteiger charge is -2.33. The van der Waals surface area contributed by atoms with Crippen LogP contribution >= 0.6 is 0 Å². The van der Waals surface area contributed by atoms with E-state index >= 15 is 0 Å². The summed E-state index contributed by atoms with van der Waals surface area (Å²) in [4.78, 5) is 14.3. The Balaban J connectivity index is 1.54. The molecule has 0 aromatic heterocycles. The van der Waals surface area contributed by atoms with Crippen LogP contribution in [0, 0.1) is 18.8 Å². The number of nitrogens with zero attached hydrogens (tertiary/aromatic N) is 1. The van der Waals surface area contributed by atoms with Crippen molar-refractivity contribution >= 4 is 6.29 Å². The summed E-state index contributed by atoms with van der Waals surface area (Å²) in [6.45, 7) is 5.32. The average Bonchev–Trinajstić information content (AvgIpc) is 2.76. The maximum absolute atomic E-state index is 11.8. The lowest BCUT2D eigenvalue weighted by Crippen LogP contribution is -2.34. The Kier molecular flexibility index (Phi) is 7.70. The highest BCUT2D eigenvalue weighted by Gasteiger charge is 2.23. The van der Waals surface area contributed by atoms with Gasteiger partial charge in [0.15, 0.2) is 11.5 Å². The van der Waals surface area contributed by atoms with Crippen LogP contribution in [0.3, 0.4) is 0 Å². The zero-order valence-electron chi connectivity index (χ0n) is 17.9. The van der Waals surface area contributed by atoms with Crippen LogP contribution in [-0.2, 0) is 17.8 Å². The molecule has 29 heavy (non-hydrogen) atoms. The Hall–Kier alpha value is -2.33. The fourth-order valence-corrected chi connectivity index (χ4v) is 4.36. The van der Waals surface area contributed by atoms with Gasteiger partial charge in [-0.25, -0.2) is 0 Å². The molecule has 0 aliphatic carbocycles. The van der Waals surface area contributed by atoms with Gasteiger partial charge in [-0.2, -0.15) is 0 Å². The fraction of sp³-hybridized carbons (Fsp3) is 0.480. The molecule has 2 aromatic carbocycles. The summed E-state index contributed by atoms with van der Waals surface area (Å²) in [7, 11) is 3.30. The molecular formula is C25H33NO3. The number of hydrogen-bond donors (Lipinski definition) is 0. The monoisotopic (exact) mass is 395 g/mol. The van der Waals surface area contributed by atoms with E-state index in [0.717, 1.165) is 55.8 Å². The summed E-state index contributed by atoms with van der Waals surface area (Å²) < 4.78 is 10.8. The van der Waals surface area contributed by atoms with E-state index in [9.17, 15) is 4.79 Å². The van der Waals surface area contributed by atoms with E-state index in [2.05, 4.69) is 42.2 Å². The number of carbonyl (C=O) groups excluding carboxylic acids is 1. The van der Waals surface area contributed by atoms with Crippen LogP contribution in [0.4, 0.5) is 0 Å². The van der Waals surface area contributed by atoms with Gasteiger partial charge in [0, 0.05) is 12.5 Å². The van der Waals surface area contributed by atoms with Crippen molar-refractivity contribution in [3.05, 3.63) is 59.2 Å². The minimum absolute atomic E-state index is 0.0532. The first-order chi connectivity index (χ1) is 14.1. The molecule has 1 atom stereocenters. The number of rotatable bonds is 9. The molecule has 0 saturated carbocycles. The lowest BCUT2D eigenvalue weighted by molar-refractivity contribution is -0.111. The normalized spacial score (nSPS) is 16.4. The number of aryl methyl sites for hydroxylation is 1. The number of ether oxygens (including phenoxy) is 2. The molecule has 4 nitrogen and oxygen atoms in total. The summed E-state index contributed by atoms with van der Waals surface area (Å²) >= 11 is 0. The van der Waals surface area contributed by atoms with Gasteiger partial charge < -0.3 is 14.3 Å². The first-order valence-electron chi connectivity index (χ1n) is 10.6. The third-order valence-electron chi connectivity index (χ3n) is 6.11. The van der Waals surface area contributed by atoms with Gasteiger partial charge >= 0.3 is 0 Å². The second kappa shape index (κ2) is 10.4. The highest BCUT2D eigenvalue weighted by Crippen LogP contribution is 2.33. The maximum Gasteiger partial charge on any atom is 0.161 e. The van der Waals surface area contributed by atoms with Crippen molar-refractivity contribution in [2.24, 2.45) is 11.8 Å². The molecule has 0 spiro atoms. The third-order valence-corrected chi connectivity index (χ3v) is 6.11. The van der Waals surface area contributed by atoms with Crippen molar-refractivity contribution in [2.75, 3.05) is 27.3 Å².